The zero-order chi connectivity index (χ0) is 15.5. The molecule has 4 nitrogen and oxygen atoms in total. The Hall–Kier alpha value is -2.37. The first-order valence-electron chi connectivity index (χ1n) is 4.96. The van der Waals surface area contributed by atoms with Crippen LogP contribution in [0.15, 0.2) is 12.1 Å². The molecular weight excluding hydrogens is 289 g/mol. The van der Waals surface area contributed by atoms with E-state index in [0.717, 1.165) is 0 Å². The molecule has 0 atom stereocenters. The standard InChI is InChI=1S/C11H6F5NO3/c12-10(13)20-8-3-6(11(14,15)16)1-5(2-9(18)19)7(8)4-17/h1,3,10H,2H2,(H,18,19). The Bertz CT molecular complexity index is 562. The molecule has 0 fully saturated rings. The number of nitriles is 1. The summed E-state index contributed by atoms with van der Waals surface area (Å²) < 4.78 is 65.9. The maximum absolute atomic E-state index is 12.6. The van der Waals surface area contributed by atoms with Gasteiger partial charge < -0.3 is 9.84 Å². The third kappa shape index (κ3) is 3.81. The number of carboxylic acid groups (broad SMARTS) is 1. The van der Waals surface area contributed by atoms with Crippen LogP contribution >= 0.6 is 0 Å². The van der Waals surface area contributed by atoms with E-state index in [2.05, 4.69) is 4.74 Å². The predicted molar refractivity (Wildman–Crippen MR) is 54.1 cm³/mol. The summed E-state index contributed by atoms with van der Waals surface area (Å²) in [6.45, 7) is -3.44. The van der Waals surface area contributed by atoms with Crippen LogP contribution in [-0.2, 0) is 17.4 Å². The first-order chi connectivity index (χ1) is 9.15. The maximum Gasteiger partial charge on any atom is 0.416 e. The maximum atomic E-state index is 12.6. The van der Waals surface area contributed by atoms with E-state index in [4.69, 9.17) is 10.4 Å². The second-order valence-electron chi connectivity index (χ2n) is 3.57. The lowest BCUT2D eigenvalue weighted by Crippen LogP contribution is -2.12. The summed E-state index contributed by atoms with van der Waals surface area (Å²) in [7, 11) is 0. The third-order valence-electron chi connectivity index (χ3n) is 2.18. The third-order valence-corrected chi connectivity index (χ3v) is 2.18. The molecule has 0 aliphatic rings. The van der Waals surface area contributed by atoms with Crippen molar-refractivity contribution in [2.24, 2.45) is 0 Å². The van der Waals surface area contributed by atoms with Gasteiger partial charge in [-0.1, -0.05) is 0 Å². The van der Waals surface area contributed by atoms with Gasteiger partial charge in [0.25, 0.3) is 0 Å². The van der Waals surface area contributed by atoms with Crippen LogP contribution in [0.4, 0.5) is 22.0 Å². The molecule has 1 N–H and O–H groups in total. The van der Waals surface area contributed by atoms with Crippen molar-refractivity contribution >= 4 is 5.97 Å². The summed E-state index contributed by atoms with van der Waals surface area (Å²) >= 11 is 0. The number of benzene rings is 1. The van der Waals surface area contributed by atoms with E-state index in [0.29, 0.717) is 6.07 Å². The largest absolute Gasteiger partial charge is 0.481 e. The number of carboxylic acids is 1. The molecule has 0 spiro atoms. The number of ether oxygens (including phenoxy) is 1. The number of rotatable bonds is 4. The second-order valence-corrected chi connectivity index (χ2v) is 3.57. The molecule has 0 aromatic heterocycles. The van der Waals surface area contributed by atoms with Crippen LogP contribution in [0.2, 0.25) is 0 Å². The van der Waals surface area contributed by atoms with Crippen LogP contribution < -0.4 is 4.74 Å². The van der Waals surface area contributed by atoms with Gasteiger partial charge in [-0.15, -0.1) is 0 Å². The lowest BCUT2D eigenvalue weighted by atomic mass is 10.0. The van der Waals surface area contributed by atoms with Crippen LogP contribution in [0, 0.1) is 11.3 Å². The summed E-state index contributed by atoms with van der Waals surface area (Å²) in [5, 5.41) is 17.3. The summed E-state index contributed by atoms with van der Waals surface area (Å²) in [4.78, 5) is 10.6. The number of nitrogens with zero attached hydrogens (tertiary/aromatic N) is 1. The fourth-order valence-electron chi connectivity index (χ4n) is 1.46. The van der Waals surface area contributed by atoms with Crippen LogP contribution in [0.3, 0.4) is 0 Å². The zero-order valence-corrected chi connectivity index (χ0v) is 9.54. The number of aliphatic carboxylic acids is 1. The molecule has 0 amide bonds. The monoisotopic (exact) mass is 295 g/mol. The minimum atomic E-state index is -4.89. The van der Waals surface area contributed by atoms with Gasteiger partial charge in [0.05, 0.1) is 17.5 Å². The smallest absolute Gasteiger partial charge is 0.416 e. The SMILES string of the molecule is N#Cc1c(CC(=O)O)cc(C(F)(F)F)cc1OC(F)F. The molecule has 0 aliphatic heterocycles. The Kier molecular flexibility index (Phi) is 4.49. The fourth-order valence-corrected chi connectivity index (χ4v) is 1.46. The molecule has 0 radical (unpaired) electrons. The van der Waals surface area contributed by atoms with Gasteiger partial charge in [0.15, 0.2) is 0 Å². The van der Waals surface area contributed by atoms with E-state index >= 15 is 0 Å². The van der Waals surface area contributed by atoms with Gasteiger partial charge in [0.1, 0.15) is 11.8 Å². The molecule has 0 unspecified atom stereocenters. The van der Waals surface area contributed by atoms with E-state index in [1.54, 1.807) is 0 Å². The average Bonchev–Trinajstić information content (AvgIpc) is 2.25. The van der Waals surface area contributed by atoms with Gasteiger partial charge in [0.2, 0.25) is 0 Å². The topological polar surface area (TPSA) is 70.3 Å². The predicted octanol–water partition coefficient (Wildman–Crippen LogP) is 2.81. The number of hydrogen-bond donors (Lipinski definition) is 1. The van der Waals surface area contributed by atoms with Gasteiger partial charge in [0, 0.05) is 0 Å². The lowest BCUT2D eigenvalue weighted by Gasteiger charge is -2.14. The van der Waals surface area contributed by atoms with Crippen molar-refractivity contribution in [1.29, 1.82) is 5.26 Å². The summed E-state index contributed by atoms with van der Waals surface area (Å²) in [6.07, 6.45) is -5.81. The zero-order valence-electron chi connectivity index (χ0n) is 9.54. The minimum Gasteiger partial charge on any atom is -0.481 e. The molecule has 9 heteroatoms. The number of hydrogen-bond acceptors (Lipinski definition) is 3. The lowest BCUT2D eigenvalue weighted by molar-refractivity contribution is -0.139. The highest BCUT2D eigenvalue weighted by molar-refractivity contribution is 5.72. The van der Waals surface area contributed by atoms with Crippen molar-refractivity contribution < 1.29 is 36.6 Å². The van der Waals surface area contributed by atoms with Gasteiger partial charge in [-0.05, 0) is 17.7 Å². The number of halogens is 5. The number of carbonyl (C=O) groups is 1. The highest BCUT2D eigenvalue weighted by Crippen LogP contribution is 2.35. The molecule has 0 heterocycles. The molecule has 1 rings (SSSR count). The molecule has 1 aromatic carbocycles. The quantitative estimate of drug-likeness (QED) is 0.867. The summed E-state index contributed by atoms with van der Waals surface area (Å²) in [6, 6.07) is 2.02. The summed E-state index contributed by atoms with van der Waals surface area (Å²) in [5.41, 5.74) is -2.59. The van der Waals surface area contributed by atoms with E-state index in [9.17, 15) is 26.7 Å². The molecule has 108 valence electrons. The van der Waals surface area contributed by atoms with E-state index in [1.807, 2.05) is 0 Å². The van der Waals surface area contributed by atoms with Crippen molar-refractivity contribution in [2.75, 3.05) is 0 Å². The highest BCUT2D eigenvalue weighted by atomic mass is 19.4. The Labute approximate surface area is 109 Å². The Morgan fingerprint density at radius 1 is 1.40 bits per heavy atom. The van der Waals surface area contributed by atoms with E-state index in [-0.39, 0.29) is 6.07 Å². The van der Waals surface area contributed by atoms with Gasteiger partial charge in [-0.25, -0.2) is 0 Å². The van der Waals surface area contributed by atoms with Crippen LogP contribution in [-0.4, -0.2) is 17.7 Å². The van der Waals surface area contributed by atoms with Crippen LogP contribution in [0.1, 0.15) is 16.7 Å². The van der Waals surface area contributed by atoms with Gasteiger partial charge in [-0.2, -0.15) is 27.2 Å². The molecule has 0 bridgehead atoms. The average molecular weight is 295 g/mol. The first kappa shape index (κ1) is 15.7. The van der Waals surface area contributed by atoms with Crippen LogP contribution in [0.25, 0.3) is 0 Å². The van der Waals surface area contributed by atoms with E-state index in [1.165, 1.54) is 6.07 Å². The molecule has 20 heavy (non-hydrogen) atoms. The van der Waals surface area contributed by atoms with Gasteiger partial charge in [-0.3, -0.25) is 4.79 Å². The van der Waals surface area contributed by atoms with Crippen molar-refractivity contribution in [3.63, 3.8) is 0 Å². The normalized spacial score (nSPS) is 11.2. The molecule has 0 aliphatic carbocycles. The van der Waals surface area contributed by atoms with Crippen LogP contribution in [0.5, 0.6) is 5.75 Å². The molecular formula is C11H6F5NO3. The highest BCUT2D eigenvalue weighted by Gasteiger charge is 2.33. The molecule has 0 saturated carbocycles. The first-order valence-corrected chi connectivity index (χ1v) is 4.96. The molecule has 1 aromatic rings. The summed E-state index contributed by atoms with van der Waals surface area (Å²) in [5.74, 6) is -2.52. The Morgan fingerprint density at radius 2 is 2.00 bits per heavy atom. The Balaban J connectivity index is 3.48. The van der Waals surface area contributed by atoms with Crippen molar-refractivity contribution in [2.45, 2.75) is 19.2 Å². The minimum absolute atomic E-state index is 0.232. The number of alkyl halides is 5. The molecule has 0 saturated heterocycles. The van der Waals surface area contributed by atoms with Crippen molar-refractivity contribution in [3.05, 3.63) is 28.8 Å². The van der Waals surface area contributed by atoms with Crippen molar-refractivity contribution in [3.8, 4) is 11.8 Å². The van der Waals surface area contributed by atoms with Crippen molar-refractivity contribution in [1.82, 2.24) is 0 Å². The fraction of sp³-hybridized carbons (Fsp3) is 0.273. The van der Waals surface area contributed by atoms with E-state index < -0.39 is 47.6 Å². The Morgan fingerprint density at radius 3 is 2.40 bits per heavy atom. The second kappa shape index (κ2) is 5.73. The van der Waals surface area contributed by atoms with Gasteiger partial charge >= 0.3 is 18.8 Å².